The number of hydrogen-bond donors (Lipinski definition) is 0. The van der Waals surface area contributed by atoms with E-state index in [1.54, 1.807) is 28.9 Å². The normalized spacial score (nSPS) is 13.1. The van der Waals surface area contributed by atoms with Crippen molar-refractivity contribution >= 4 is 17.7 Å². The van der Waals surface area contributed by atoms with Gasteiger partial charge in [0.2, 0.25) is 5.16 Å². The molecule has 10 heteroatoms. The maximum Gasteiger partial charge on any atom is 0.276 e. The second kappa shape index (κ2) is 8.08. The average Bonchev–Trinajstić information content (AvgIpc) is 3.16. The molecule has 0 radical (unpaired) electrons. The van der Waals surface area contributed by atoms with Crippen LogP contribution in [0.4, 0.5) is 8.78 Å². The molecule has 0 saturated carbocycles. The molecule has 0 atom stereocenters. The van der Waals surface area contributed by atoms with Crippen molar-refractivity contribution in [3.05, 3.63) is 65.5 Å². The minimum atomic E-state index is -0.820. The van der Waals surface area contributed by atoms with Gasteiger partial charge in [-0.2, -0.15) is 0 Å². The number of benzene rings is 2. The topological polar surface area (TPSA) is 69.5 Å². The third-order valence-corrected chi connectivity index (χ3v) is 5.17. The van der Waals surface area contributed by atoms with E-state index < -0.39 is 11.6 Å². The summed E-state index contributed by atoms with van der Waals surface area (Å²) in [7, 11) is 1.50. The van der Waals surface area contributed by atoms with Crippen LogP contribution in [0.3, 0.4) is 0 Å². The van der Waals surface area contributed by atoms with Crippen LogP contribution < -0.4 is 14.5 Å². The largest absolute Gasteiger partial charge is 0.496 e. The van der Waals surface area contributed by atoms with E-state index in [1.165, 1.54) is 29.9 Å². The Kier molecular flexibility index (Phi) is 5.34. The van der Waals surface area contributed by atoms with Gasteiger partial charge in [0, 0.05) is 11.8 Å². The molecule has 1 aliphatic rings. The van der Waals surface area contributed by atoms with Crippen LogP contribution in [0.5, 0.6) is 11.5 Å². The predicted octanol–water partition coefficient (Wildman–Crippen LogP) is 3.03. The SMILES string of the molecule is COc1ccccc1C(=O)N1CCSc2nnc(COc3ccc(F)cc3F)n21. The second-order valence-corrected chi connectivity index (χ2v) is 7.11. The number of aromatic nitrogens is 3. The van der Waals surface area contributed by atoms with Gasteiger partial charge < -0.3 is 9.47 Å². The molecule has 0 unspecified atom stereocenters. The Bertz CT molecular complexity index is 1060. The molecule has 0 spiro atoms. The van der Waals surface area contributed by atoms with Crippen LogP contribution >= 0.6 is 11.8 Å². The van der Waals surface area contributed by atoms with Crippen molar-refractivity contribution in [1.82, 2.24) is 14.9 Å². The number of fused-ring (bicyclic) bond motifs is 1. The van der Waals surface area contributed by atoms with Gasteiger partial charge in [-0.3, -0.25) is 4.79 Å². The molecule has 2 heterocycles. The number of rotatable bonds is 5. The van der Waals surface area contributed by atoms with E-state index in [9.17, 15) is 13.6 Å². The highest BCUT2D eigenvalue weighted by molar-refractivity contribution is 7.99. The number of carbonyl (C=O) groups excluding carboxylic acids is 1. The first-order chi connectivity index (χ1) is 14.1. The van der Waals surface area contributed by atoms with Crippen molar-refractivity contribution in [3.8, 4) is 11.5 Å². The van der Waals surface area contributed by atoms with Crippen molar-refractivity contribution in [1.29, 1.82) is 0 Å². The standard InChI is InChI=1S/C19H16F2N4O3S/c1-27-15-5-3-2-4-13(15)18(26)24-8-9-29-19-23-22-17(25(19)24)11-28-16-7-6-12(20)10-14(16)21/h2-7,10H,8-9,11H2,1H3. The third kappa shape index (κ3) is 3.75. The monoisotopic (exact) mass is 418 g/mol. The number of amides is 1. The Morgan fingerprint density at radius 1 is 1.17 bits per heavy atom. The zero-order valence-electron chi connectivity index (χ0n) is 15.3. The Morgan fingerprint density at radius 3 is 2.79 bits per heavy atom. The highest BCUT2D eigenvalue weighted by Gasteiger charge is 2.29. The lowest BCUT2D eigenvalue weighted by atomic mass is 10.2. The van der Waals surface area contributed by atoms with Crippen molar-refractivity contribution in [2.45, 2.75) is 11.8 Å². The van der Waals surface area contributed by atoms with Gasteiger partial charge in [-0.05, 0) is 24.3 Å². The van der Waals surface area contributed by atoms with E-state index in [0.29, 0.717) is 34.6 Å². The van der Waals surface area contributed by atoms with Crippen LogP contribution in [0, 0.1) is 11.6 Å². The minimum Gasteiger partial charge on any atom is -0.496 e. The summed E-state index contributed by atoms with van der Waals surface area (Å²) < 4.78 is 39.2. The summed E-state index contributed by atoms with van der Waals surface area (Å²) in [5, 5.41) is 10.2. The number of methoxy groups -OCH3 is 1. The Hall–Kier alpha value is -3.14. The molecule has 29 heavy (non-hydrogen) atoms. The fourth-order valence-corrected chi connectivity index (χ4v) is 3.80. The Morgan fingerprint density at radius 2 is 2.00 bits per heavy atom. The highest BCUT2D eigenvalue weighted by Crippen LogP contribution is 2.27. The molecule has 7 nitrogen and oxygen atoms in total. The number of ether oxygens (including phenoxy) is 2. The Labute approximate surface area is 169 Å². The quantitative estimate of drug-likeness (QED) is 0.635. The summed E-state index contributed by atoms with van der Waals surface area (Å²) >= 11 is 1.45. The van der Waals surface area contributed by atoms with Crippen molar-refractivity contribution < 1.29 is 23.0 Å². The van der Waals surface area contributed by atoms with Crippen LogP contribution in [0.1, 0.15) is 16.2 Å². The van der Waals surface area contributed by atoms with Gasteiger partial charge >= 0.3 is 0 Å². The molecule has 4 rings (SSSR count). The van der Waals surface area contributed by atoms with E-state index in [-0.39, 0.29) is 18.3 Å². The third-order valence-electron chi connectivity index (χ3n) is 4.27. The lowest BCUT2D eigenvalue weighted by Crippen LogP contribution is -2.45. The van der Waals surface area contributed by atoms with E-state index in [0.717, 1.165) is 12.1 Å². The summed E-state index contributed by atoms with van der Waals surface area (Å²) in [4.78, 5) is 13.2. The van der Waals surface area contributed by atoms with Crippen LogP contribution in [-0.2, 0) is 6.61 Å². The second-order valence-electron chi connectivity index (χ2n) is 6.05. The predicted molar refractivity (Wildman–Crippen MR) is 102 cm³/mol. The number of para-hydroxylation sites is 1. The number of thioether (sulfide) groups is 1. The number of carbonyl (C=O) groups is 1. The van der Waals surface area contributed by atoms with Gasteiger partial charge in [0.15, 0.2) is 17.4 Å². The van der Waals surface area contributed by atoms with E-state index >= 15 is 0 Å². The maximum atomic E-state index is 13.8. The fourth-order valence-electron chi connectivity index (χ4n) is 2.93. The molecule has 0 fully saturated rings. The summed E-state index contributed by atoms with van der Waals surface area (Å²) in [6.07, 6.45) is 0. The molecule has 1 aromatic heterocycles. The first-order valence-corrected chi connectivity index (χ1v) is 9.67. The van der Waals surface area contributed by atoms with Gasteiger partial charge in [0.25, 0.3) is 5.91 Å². The van der Waals surface area contributed by atoms with Crippen molar-refractivity contribution in [2.75, 3.05) is 24.4 Å². The zero-order chi connectivity index (χ0) is 20.4. The lowest BCUT2D eigenvalue weighted by Gasteiger charge is -2.29. The van der Waals surface area contributed by atoms with Crippen LogP contribution in [-0.4, -0.2) is 40.2 Å². The average molecular weight is 418 g/mol. The van der Waals surface area contributed by atoms with Crippen molar-refractivity contribution in [2.24, 2.45) is 0 Å². The summed E-state index contributed by atoms with van der Waals surface area (Å²) in [5.41, 5.74) is 0.401. The molecular weight excluding hydrogens is 402 g/mol. The van der Waals surface area contributed by atoms with Gasteiger partial charge in [-0.1, -0.05) is 23.9 Å². The lowest BCUT2D eigenvalue weighted by molar-refractivity contribution is 0.0949. The highest BCUT2D eigenvalue weighted by atomic mass is 32.2. The van der Waals surface area contributed by atoms with Gasteiger partial charge in [0.1, 0.15) is 18.2 Å². The zero-order valence-corrected chi connectivity index (χ0v) is 16.2. The van der Waals surface area contributed by atoms with Gasteiger partial charge in [-0.15, -0.1) is 10.2 Å². The Balaban J connectivity index is 1.62. The van der Waals surface area contributed by atoms with E-state index in [1.807, 2.05) is 0 Å². The molecule has 150 valence electrons. The van der Waals surface area contributed by atoms with Gasteiger partial charge in [0.05, 0.1) is 19.2 Å². The molecule has 1 amide bonds. The summed E-state index contributed by atoms with van der Waals surface area (Å²) in [6, 6.07) is 9.96. The fraction of sp³-hybridized carbons (Fsp3) is 0.211. The van der Waals surface area contributed by atoms with E-state index in [4.69, 9.17) is 9.47 Å². The van der Waals surface area contributed by atoms with E-state index in [2.05, 4.69) is 10.2 Å². The first-order valence-electron chi connectivity index (χ1n) is 8.68. The molecule has 0 aliphatic carbocycles. The first kappa shape index (κ1) is 19.2. The van der Waals surface area contributed by atoms with Crippen molar-refractivity contribution in [3.63, 3.8) is 0 Å². The van der Waals surface area contributed by atoms with Gasteiger partial charge in [-0.25, -0.2) is 18.5 Å². The molecule has 0 N–H and O–H groups in total. The molecule has 3 aromatic rings. The minimum absolute atomic E-state index is 0.116. The number of halogens is 2. The van der Waals surface area contributed by atoms with Crippen LogP contribution in [0.25, 0.3) is 0 Å². The van der Waals surface area contributed by atoms with Crippen LogP contribution in [0.2, 0.25) is 0 Å². The molecule has 2 aromatic carbocycles. The number of nitrogens with zero attached hydrogens (tertiary/aromatic N) is 4. The molecule has 0 bridgehead atoms. The maximum absolute atomic E-state index is 13.8. The molecule has 0 saturated heterocycles. The molecule has 1 aliphatic heterocycles. The summed E-state index contributed by atoms with van der Waals surface area (Å²) in [5.74, 6) is -0.491. The number of hydrogen-bond acceptors (Lipinski definition) is 6. The van der Waals surface area contributed by atoms with Crippen LogP contribution in [0.15, 0.2) is 47.6 Å². The molecular formula is C19H16F2N4O3S. The smallest absolute Gasteiger partial charge is 0.276 e. The summed E-state index contributed by atoms with van der Waals surface area (Å²) in [6.45, 7) is 0.274.